The van der Waals surface area contributed by atoms with Crippen LogP contribution in [0.5, 0.6) is 0 Å². The molecular weight excluding hydrogens is 551 g/mol. The van der Waals surface area contributed by atoms with Gasteiger partial charge in [-0.15, -0.1) is 5.10 Å². The van der Waals surface area contributed by atoms with E-state index in [-0.39, 0.29) is 12.3 Å². The van der Waals surface area contributed by atoms with Crippen LogP contribution >= 0.6 is 23.2 Å². The van der Waals surface area contributed by atoms with Crippen molar-refractivity contribution in [1.29, 1.82) is 0 Å². The number of nitrogens with zero attached hydrogens (tertiary/aromatic N) is 5. The molecule has 0 aliphatic heterocycles. The molecule has 10 nitrogen and oxygen atoms in total. The lowest BCUT2D eigenvalue weighted by atomic mass is 10.0. The molecule has 202 valence electrons. The minimum atomic E-state index is -0.462. The summed E-state index contributed by atoms with van der Waals surface area (Å²) in [5.74, 6) is 0.367. The number of tetrazole rings is 1. The Bertz CT molecular complexity index is 1590. The van der Waals surface area contributed by atoms with Crippen molar-refractivity contribution in [1.82, 2.24) is 35.5 Å². The molecule has 0 saturated heterocycles. The van der Waals surface area contributed by atoms with Crippen molar-refractivity contribution < 1.29 is 9.59 Å². The van der Waals surface area contributed by atoms with E-state index in [0.29, 0.717) is 46.6 Å². The second-order valence-electron chi connectivity index (χ2n) is 8.96. The van der Waals surface area contributed by atoms with Crippen molar-refractivity contribution in [3.05, 3.63) is 106 Å². The number of aryl methyl sites for hydroxylation is 1. The number of aromatic amines is 1. The molecule has 2 heterocycles. The molecule has 2 aromatic heterocycles. The van der Waals surface area contributed by atoms with Crippen LogP contribution < -0.4 is 10.6 Å². The first-order valence-corrected chi connectivity index (χ1v) is 13.2. The SMILES string of the molecule is O=CNc1ccc(-c2nc([C@H](Cc3ccccc3)NC(=O)CCc3cc(Cl)ccc3-n3cnnn3)[nH]c2Cl)cc1. The van der Waals surface area contributed by atoms with Crippen LogP contribution in [0.25, 0.3) is 16.9 Å². The molecule has 0 unspecified atom stereocenters. The molecule has 1 atom stereocenters. The van der Waals surface area contributed by atoms with Crippen LogP contribution in [0.1, 0.15) is 29.4 Å². The van der Waals surface area contributed by atoms with Crippen LogP contribution in [0.4, 0.5) is 5.69 Å². The van der Waals surface area contributed by atoms with Gasteiger partial charge in [0.15, 0.2) is 0 Å². The molecule has 3 aromatic carbocycles. The topological polar surface area (TPSA) is 130 Å². The second kappa shape index (κ2) is 12.5. The maximum atomic E-state index is 13.2. The summed E-state index contributed by atoms with van der Waals surface area (Å²) in [4.78, 5) is 31.8. The van der Waals surface area contributed by atoms with Crippen LogP contribution in [-0.2, 0) is 22.4 Å². The van der Waals surface area contributed by atoms with E-state index >= 15 is 0 Å². The maximum Gasteiger partial charge on any atom is 0.220 e. The first kappa shape index (κ1) is 27.0. The predicted octanol–water partition coefficient (Wildman–Crippen LogP) is 4.96. The number of anilines is 1. The Kier molecular flexibility index (Phi) is 8.48. The van der Waals surface area contributed by atoms with Crippen molar-refractivity contribution in [3.63, 3.8) is 0 Å². The number of aromatic nitrogens is 6. The zero-order valence-corrected chi connectivity index (χ0v) is 22.6. The molecule has 0 spiro atoms. The van der Waals surface area contributed by atoms with E-state index < -0.39 is 6.04 Å². The van der Waals surface area contributed by atoms with Gasteiger partial charge < -0.3 is 15.6 Å². The van der Waals surface area contributed by atoms with E-state index in [9.17, 15) is 9.59 Å². The summed E-state index contributed by atoms with van der Waals surface area (Å²) in [7, 11) is 0. The van der Waals surface area contributed by atoms with Crippen LogP contribution in [0.2, 0.25) is 10.2 Å². The van der Waals surface area contributed by atoms with Gasteiger partial charge in [0.05, 0.1) is 11.7 Å². The lowest BCUT2D eigenvalue weighted by Gasteiger charge is -2.17. The Morgan fingerprint density at radius 1 is 1.05 bits per heavy atom. The molecule has 0 saturated carbocycles. The van der Waals surface area contributed by atoms with Gasteiger partial charge in [0.25, 0.3) is 0 Å². The van der Waals surface area contributed by atoms with Crippen molar-refractivity contribution in [2.75, 3.05) is 5.32 Å². The smallest absolute Gasteiger partial charge is 0.220 e. The van der Waals surface area contributed by atoms with Crippen LogP contribution in [0.15, 0.2) is 79.1 Å². The molecule has 40 heavy (non-hydrogen) atoms. The summed E-state index contributed by atoms with van der Waals surface area (Å²) in [5, 5.41) is 18.0. The number of H-pyrrole nitrogens is 1. The summed E-state index contributed by atoms with van der Waals surface area (Å²) in [6, 6.07) is 21.9. The molecule has 0 aliphatic carbocycles. The van der Waals surface area contributed by atoms with Gasteiger partial charge >= 0.3 is 0 Å². The quantitative estimate of drug-likeness (QED) is 0.191. The van der Waals surface area contributed by atoms with E-state index in [1.54, 1.807) is 18.2 Å². The van der Waals surface area contributed by atoms with Gasteiger partial charge in [-0.05, 0) is 64.7 Å². The van der Waals surface area contributed by atoms with E-state index in [2.05, 4.69) is 31.1 Å². The maximum absolute atomic E-state index is 13.2. The normalized spacial score (nSPS) is 11.7. The highest BCUT2D eigenvalue weighted by atomic mass is 35.5. The highest BCUT2D eigenvalue weighted by Gasteiger charge is 2.22. The fourth-order valence-corrected chi connectivity index (χ4v) is 4.79. The Balaban J connectivity index is 1.36. The number of carbonyl (C=O) groups excluding carboxylic acids is 2. The lowest BCUT2D eigenvalue weighted by Crippen LogP contribution is -2.31. The Morgan fingerprint density at radius 2 is 1.85 bits per heavy atom. The number of amides is 2. The minimum Gasteiger partial charge on any atom is -0.346 e. The van der Waals surface area contributed by atoms with Crippen LogP contribution in [0.3, 0.4) is 0 Å². The summed E-state index contributed by atoms with van der Waals surface area (Å²) in [6.45, 7) is 0. The van der Waals surface area contributed by atoms with Gasteiger partial charge in [-0.25, -0.2) is 9.67 Å². The number of hydrogen-bond donors (Lipinski definition) is 3. The van der Waals surface area contributed by atoms with Crippen molar-refractivity contribution in [2.45, 2.75) is 25.3 Å². The third-order valence-corrected chi connectivity index (χ3v) is 6.78. The van der Waals surface area contributed by atoms with Gasteiger partial charge in [-0.2, -0.15) is 0 Å². The summed E-state index contributed by atoms with van der Waals surface area (Å²) in [6.07, 6.45) is 3.24. The third-order valence-electron chi connectivity index (χ3n) is 6.27. The monoisotopic (exact) mass is 574 g/mol. The minimum absolute atomic E-state index is 0.165. The molecule has 0 bridgehead atoms. The van der Waals surface area contributed by atoms with Gasteiger partial charge in [0.1, 0.15) is 23.0 Å². The Hall–Kier alpha value is -4.54. The highest BCUT2D eigenvalue weighted by molar-refractivity contribution is 6.32. The molecule has 5 aromatic rings. The second-order valence-corrected chi connectivity index (χ2v) is 9.78. The van der Waals surface area contributed by atoms with Crippen molar-refractivity contribution in [3.8, 4) is 16.9 Å². The molecule has 12 heteroatoms. The average Bonchev–Trinajstić information content (AvgIpc) is 3.63. The summed E-state index contributed by atoms with van der Waals surface area (Å²) >= 11 is 12.8. The largest absolute Gasteiger partial charge is 0.346 e. The van der Waals surface area contributed by atoms with Gasteiger partial charge in [0, 0.05) is 22.7 Å². The van der Waals surface area contributed by atoms with Crippen molar-refractivity contribution >= 4 is 41.2 Å². The third kappa shape index (κ3) is 6.53. The summed E-state index contributed by atoms with van der Waals surface area (Å²) in [5.41, 5.74) is 4.59. The summed E-state index contributed by atoms with van der Waals surface area (Å²) < 4.78 is 1.54. The zero-order valence-electron chi connectivity index (χ0n) is 21.1. The van der Waals surface area contributed by atoms with E-state index in [4.69, 9.17) is 28.2 Å². The first-order chi connectivity index (χ1) is 19.5. The number of nitrogens with one attached hydrogen (secondary N) is 3. The molecule has 0 aliphatic rings. The lowest BCUT2D eigenvalue weighted by molar-refractivity contribution is -0.121. The number of halogens is 2. The van der Waals surface area contributed by atoms with Crippen molar-refractivity contribution in [2.24, 2.45) is 0 Å². The number of imidazole rings is 1. The number of benzene rings is 3. The van der Waals surface area contributed by atoms with E-state index in [1.807, 2.05) is 54.6 Å². The Morgan fingerprint density at radius 3 is 2.58 bits per heavy atom. The molecular formula is C28H24Cl2N8O2. The predicted molar refractivity (Wildman–Crippen MR) is 152 cm³/mol. The molecule has 2 amide bonds. The molecule has 0 fully saturated rings. The van der Waals surface area contributed by atoms with E-state index in [1.165, 1.54) is 11.0 Å². The first-order valence-electron chi connectivity index (χ1n) is 12.4. The van der Waals surface area contributed by atoms with Crippen LogP contribution in [0, 0.1) is 0 Å². The Labute approximate surface area is 239 Å². The van der Waals surface area contributed by atoms with Gasteiger partial charge in [0.2, 0.25) is 12.3 Å². The molecule has 0 radical (unpaired) electrons. The number of hydrogen-bond acceptors (Lipinski definition) is 6. The molecule has 5 rings (SSSR count). The fraction of sp³-hybridized carbons (Fsp3) is 0.143. The standard InChI is InChI=1S/C28H24Cl2N8O2/c29-21-9-12-24(38-16-32-36-37-38)20(15-21)8-13-25(40)33-23(14-18-4-2-1-3-5-18)28-34-26(27(30)35-28)19-6-10-22(11-7-19)31-17-39/h1-7,9-12,15-17,23H,8,13-14H2,(H,31,39)(H,33,40)(H,34,35)/t23-/m0/s1. The number of carbonyl (C=O) groups is 2. The van der Waals surface area contributed by atoms with Crippen LogP contribution in [-0.4, -0.2) is 42.5 Å². The highest BCUT2D eigenvalue weighted by Crippen LogP contribution is 2.29. The van der Waals surface area contributed by atoms with Gasteiger partial charge in [-0.1, -0.05) is 65.7 Å². The average molecular weight is 575 g/mol. The molecule has 3 N–H and O–H groups in total. The number of rotatable bonds is 11. The van der Waals surface area contributed by atoms with E-state index in [0.717, 1.165) is 22.4 Å². The fourth-order valence-electron chi connectivity index (χ4n) is 4.35. The zero-order chi connectivity index (χ0) is 27.9. The van der Waals surface area contributed by atoms with Gasteiger partial charge in [-0.3, -0.25) is 9.59 Å².